The number of nitrogen functional groups attached to an aromatic ring is 1. The third kappa shape index (κ3) is 5.35. The molecule has 1 fully saturated rings. The number of anilines is 1. The molecule has 5 rings (SSSR count). The minimum atomic E-state index is -0.488. The van der Waals surface area contributed by atoms with Crippen molar-refractivity contribution in [2.24, 2.45) is 0 Å². The van der Waals surface area contributed by atoms with Gasteiger partial charge in [-0.3, -0.25) is 9.59 Å². The van der Waals surface area contributed by atoms with E-state index in [0.29, 0.717) is 52.6 Å². The predicted octanol–water partition coefficient (Wildman–Crippen LogP) is 2.97. The Morgan fingerprint density at radius 2 is 1.81 bits per heavy atom. The molecule has 0 saturated carbocycles. The highest BCUT2D eigenvalue weighted by molar-refractivity contribution is 6.30. The molecule has 1 saturated heterocycles. The Morgan fingerprint density at radius 1 is 1.05 bits per heavy atom. The van der Waals surface area contributed by atoms with Crippen LogP contribution in [0.3, 0.4) is 0 Å². The molecular formula is C26H23ClFN7O2. The van der Waals surface area contributed by atoms with Gasteiger partial charge in [0, 0.05) is 35.8 Å². The van der Waals surface area contributed by atoms with Crippen molar-refractivity contribution in [2.45, 2.75) is 6.04 Å². The lowest BCUT2D eigenvalue weighted by Gasteiger charge is -2.36. The third-order valence-electron chi connectivity index (χ3n) is 6.11. The van der Waals surface area contributed by atoms with Gasteiger partial charge >= 0.3 is 0 Å². The average Bonchev–Trinajstić information content (AvgIpc) is 2.91. The van der Waals surface area contributed by atoms with E-state index in [9.17, 15) is 14.0 Å². The molecular weight excluding hydrogens is 497 g/mol. The summed E-state index contributed by atoms with van der Waals surface area (Å²) in [6, 6.07) is 15.5. The largest absolute Gasteiger partial charge is 0.368 e. The molecule has 1 aliphatic heterocycles. The number of aromatic nitrogens is 3. The van der Waals surface area contributed by atoms with E-state index in [2.05, 4.69) is 20.6 Å². The van der Waals surface area contributed by atoms with Crippen molar-refractivity contribution >= 4 is 40.4 Å². The molecule has 0 bridgehead atoms. The maximum atomic E-state index is 13.4. The normalized spacial score (nSPS) is 15.5. The van der Waals surface area contributed by atoms with Gasteiger partial charge in [-0.25, -0.2) is 19.3 Å². The Kier molecular flexibility index (Phi) is 6.93. The topological polar surface area (TPSA) is 126 Å². The van der Waals surface area contributed by atoms with Gasteiger partial charge in [0.15, 0.2) is 0 Å². The highest BCUT2D eigenvalue weighted by atomic mass is 35.5. The molecule has 37 heavy (non-hydrogen) atoms. The predicted molar refractivity (Wildman–Crippen MR) is 138 cm³/mol. The van der Waals surface area contributed by atoms with Crippen LogP contribution in [0.5, 0.6) is 0 Å². The molecule has 4 aromatic rings. The molecule has 1 atom stereocenters. The van der Waals surface area contributed by atoms with E-state index in [1.54, 1.807) is 53.4 Å². The zero-order chi connectivity index (χ0) is 25.9. The van der Waals surface area contributed by atoms with E-state index in [1.165, 1.54) is 12.1 Å². The van der Waals surface area contributed by atoms with E-state index in [1.807, 2.05) is 0 Å². The van der Waals surface area contributed by atoms with E-state index in [4.69, 9.17) is 22.3 Å². The number of carbonyl (C=O) groups excluding carboxylic acids is 2. The molecule has 2 amide bonds. The summed E-state index contributed by atoms with van der Waals surface area (Å²) in [6.45, 7) is 1.22. The Balaban J connectivity index is 1.43. The lowest BCUT2D eigenvalue weighted by molar-refractivity contribution is -0.133. The van der Waals surface area contributed by atoms with Crippen molar-refractivity contribution in [3.8, 4) is 11.3 Å². The zero-order valence-electron chi connectivity index (χ0n) is 19.6. The number of hydrogen-bond donors (Lipinski definition) is 3. The summed E-state index contributed by atoms with van der Waals surface area (Å²) in [5, 5.41) is 6.48. The first-order valence-electron chi connectivity index (χ1n) is 11.6. The minimum Gasteiger partial charge on any atom is -0.368 e. The van der Waals surface area contributed by atoms with E-state index < -0.39 is 6.04 Å². The van der Waals surface area contributed by atoms with Crippen molar-refractivity contribution in [3.05, 3.63) is 82.8 Å². The van der Waals surface area contributed by atoms with Gasteiger partial charge in [0.25, 0.3) is 5.91 Å². The van der Waals surface area contributed by atoms with Crippen molar-refractivity contribution < 1.29 is 14.0 Å². The number of rotatable bonds is 5. The minimum absolute atomic E-state index is 0.0628. The lowest BCUT2D eigenvalue weighted by atomic mass is 10.1. The summed E-state index contributed by atoms with van der Waals surface area (Å²) in [4.78, 5) is 40.9. The molecule has 4 N–H and O–H groups in total. The highest BCUT2D eigenvalue weighted by Gasteiger charge is 2.31. The number of halogens is 2. The molecule has 9 nitrogen and oxygen atoms in total. The number of nitrogens with two attached hydrogens (primary N) is 1. The summed E-state index contributed by atoms with van der Waals surface area (Å²) >= 11 is 5.89. The van der Waals surface area contributed by atoms with Gasteiger partial charge in [-0.05, 0) is 60.7 Å². The van der Waals surface area contributed by atoms with E-state index in [0.717, 1.165) is 5.56 Å². The van der Waals surface area contributed by atoms with Gasteiger partial charge in [-0.2, -0.15) is 0 Å². The van der Waals surface area contributed by atoms with Crippen LogP contribution in [0.2, 0.25) is 5.02 Å². The van der Waals surface area contributed by atoms with Crippen LogP contribution in [0.15, 0.2) is 60.7 Å². The lowest BCUT2D eigenvalue weighted by Crippen LogP contribution is -2.51. The van der Waals surface area contributed by atoms with Crippen molar-refractivity contribution in [2.75, 3.05) is 31.9 Å². The highest BCUT2D eigenvalue weighted by Crippen LogP contribution is 2.29. The van der Waals surface area contributed by atoms with Gasteiger partial charge in [-0.15, -0.1) is 0 Å². The number of amides is 2. The van der Waals surface area contributed by atoms with Gasteiger partial charge in [-0.1, -0.05) is 11.6 Å². The Morgan fingerprint density at radius 3 is 2.57 bits per heavy atom. The van der Waals surface area contributed by atoms with Crippen LogP contribution in [0, 0.1) is 5.82 Å². The molecule has 2 aromatic carbocycles. The fourth-order valence-corrected chi connectivity index (χ4v) is 4.40. The summed E-state index contributed by atoms with van der Waals surface area (Å²) in [5.41, 5.74) is 9.27. The number of pyridine rings is 1. The van der Waals surface area contributed by atoms with Crippen LogP contribution in [0.25, 0.3) is 22.3 Å². The van der Waals surface area contributed by atoms with Crippen molar-refractivity contribution in [1.29, 1.82) is 0 Å². The molecule has 0 spiro atoms. The number of nitrogens with one attached hydrogen (secondary N) is 2. The monoisotopic (exact) mass is 519 g/mol. The number of benzene rings is 2. The second kappa shape index (κ2) is 10.5. The summed E-state index contributed by atoms with van der Waals surface area (Å²) < 4.78 is 13.4. The number of fused-ring (bicyclic) bond motifs is 1. The number of nitrogens with zero attached hydrogens (tertiary/aromatic N) is 4. The van der Waals surface area contributed by atoms with Gasteiger partial charge in [0.05, 0.1) is 29.5 Å². The first kappa shape index (κ1) is 24.5. The Labute approximate surface area is 216 Å². The SMILES string of the molecule is Nc1nc(C2CNCCN2C(=O)CNC(=O)c2ccc(Cl)cc2)c2nc(-c3ccc(F)cc3)ccc2n1. The zero-order valence-corrected chi connectivity index (χ0v) is 20.4. The standard InChI is InChI=1S/C26H23ClFN7O2/c27-17-5-1-16(2-6-17)25(37)31-14-22(36)35-12-11-30-13-21(35)24-23-20(33-26(29)34-24)10-9-19(32-23)15-3-7-18(28)8-4-15/h1-10,21,30H,11-14H2,(H,31,37)(H2,29,33,34). The van der Waals surface area contributed by atoms with Crippen LogP contribution in [0.4, 0.5) is 10.3 Å². The maximum Gasteiger partial charge on any atom is 0.251 e. The number of hydrogen-bond acceptors (Lipinski definition) is 7. The Bertz CT molecular complexity index is 1460. The quantitative estimate of drug-likeness (QED) is 0.370. The summed E-state index contributed by atoms with van der Waals surface area (Å²) in [5.74, 6) is -0.923. The van der Waals surface area contributed by atoms with Crippen molar-refractivity contribution in [1.82, 2.24) is 30.5 Å². The molecule has 188 valence electrons. The van der Waals surface area contributed by atoms with Crippen LogP contribution in [-0.4, -0.2) is 57.8 Å². The second-order valence-electron chi connectivity index (χ2n) is 8.53. The van der Waals surface area contributed by atoms with Crippen LogP contribution in [-0.2, 0) is 4.79 Å². The van der Waals surface area contributed by atoms with Gasteiger partial charge < -0.3 is 21.3 Å². The van der Waals surface area contributed by atoms with E-state index in [-0.39, 0.29) is 30.1 Å². The molecule has 1 unspecified atom stereocenters. The molecule has 0 aliphatic carbocycles. The van der Waals surface area contributed by atoms with Crippen molar-refractivity contribution in [3.63, 3.8) is 0 Å². The molecule has 11 heteroatoms. The maximum absolute atomic E-state index is 13.4. The molecule has 0 radical (unpaired) electrons. The van der Waals surface area contributed by atoms with E-state index >= 15 is 0 Å². The second-order valence-corrected chi connectivity index (χ2v) is 8.97. The molecule has 3 heterocycles. The molecule has 2 aromatic heterocycles. The van der Waals surface area contributed by atoms with Crippen LogP contribution < -0.4 is 16.4 Å². The van der Waals surface area contributed by atoms with Crippen LogP contribution >= 0.6 is 11.6 Å². The third-order valence-corrected chi connectivity index (χ3v) is 6.36. The van der Waals surface area contributed by atoms with Gasteiger partial charge in [0.1, 0.15) is 11.3 Å². The fourth-order valence-electron chi connectivity index (χ4n) is 4.28. The smallest absolute Gasteiger partial charge is 0.251 e. The first-order chi connectivity index (χ1) is 17.9. The summed E-state index contributed by atoms with van der Waals surface area (Å²) in [6.07, 6.45) is 0. The van der Waals surface area contributed by atoms with Gasteiger partial charge in [0.2, 0.25) is 11.9 Å². The summed E-state index contributed by atoms with van der Waals surface area (Å²) in [7, 11) is 0. The average molecular weight is 520 g/mol. The fraction of sp³-hybridized carbons (Fsp3) is 0.192. The molecule has 1 aliphatic rings. The van der Waals surface area contributed by atoms with Crippen LogP contribution in [0.1, 0.15) is 22.1 Å². The number of piperazine rings is 1. The number of carbonyl (C=O) groups is 2. The Hall–Kier alpha value is -4.15. The first-order valence-corrected chi connectivity index (χ1v) is 12.0.